The molecule has 0 radical (unpaired) electrons. The van der Waals surface area contributed by atoms with Crippen LogP contribution in [0.5, 0.6) is 0 Å². The van der Waals surface area contributed by atoms with Gasteiger partial charge in [-0.1, -0.05) is 0 Å². The summed E-state index contributed by atoms with van der Waals surface area (Å²) < 4.78 is 5.49. The molecule has 0 bridgehead atoms. The summed E-state index contributed by atoms with van der Waals surface area (Å²) in [7, 11) is 0. The quantitative estimate of drug-likeness (QED) is 0.696. The number of aliphatic hydroxyl groups is 1. The predicted octanol–water partition coefficient (Wildman–Crippen LogP) is 1.58. The van der Waals surface area contributed by atoms with Gasteiger partial charge in [0.1, 0.15) is 0 Å². The zero-order valence-electron chi connectivity index (χ0n) is 7.59. The Labute approximate surface area is 73.9 Å². The highest BCUT2D eigenvalue weighted by Crippen LogP contribution is 2.59. The molecule has 0 aromatic heterocycles. The Morgan fingerprint density at radius 1 is 1.50 bits per heavy atom. The van der Waals surface area contributed by atoms with Crippen molar-refractivity contribution in [1.82, 2.24) is 0 Å². The molecule has 0 aromatic carbocycles. The predicted molar refractivity (Wildman–Crippen MR) is 46.9 cm³/mol. The first-order valence-corrected chi connectivity index (χ1v) is 5.06. The second-order valence-corrected chi connectivity index (χ2v) is 4.29. The summed E-state index contributed by atoms with van der Waals surface area (Å²) in [6.45, 7) is 2.31. The van der Waals surface area contributed by atoms with Crippen LogP contribution in [0.4, 0.5) is 0 Å². The lowest BCUT2D eigenvalue weighted by atomic mass is 9.95. The molecule has 2 unspecified atom stereocenters. The van der Waals surface area contributed by atoms with Gasteiger partial charge in [-0.05, 0) is 43.4 Å². The largest absolute Gasteiger partial charge is 0.396 e. The van der Waals surface area contributed by atoms with Crippen molar-refractivity contribution in [2.75, 3.05) is 19.8 Å². The zero-order valence-corrected chi connectivity index (χ0v) is 7.59. The van der Waals surface area contributed by atoms with Gasteiger partial charge in [0.25, 0.3) is 0 Å². The summed E-state index contributed by atoms with van der Waals surface area (Å²) in [5.74, 6) is 0.866. The molecule has 70 valence electrons. The van der Waals surface area contributed by atoms with Crippen LogP contribution in [-0.4, -0.2) is 24.9 Å². The van der Waals surface area contributed by atoms with E-state index in [4.69, 9.17) is 9.84 Å². The fourth-order valence-electron chi connectivity index (χ4n) is 2.53. The van der Waals surface area contributed by atoms with Gasteiger partial charge in [0.05, 0.1) is 6.61 Å². The van der Waals surface area contributed by atoms with E-state index in [0.29, 0.717) is 12.0 Å². The molecule has 2 fully saturated rings. The van der Waals surface area contributed by atoms with E-state index in [2.05, 4.69) is 0 Å². The van der Waals surface area contributed by atoms with Crippen molar-refractivity contribution in [1.29, 1.82) is 0 Å². The topological polar surface area (TPSA) is 29.5 Å². The Balaban J connectivity index is 1.75. The summed E-state index contributed by atoms with van der Waals surface area (Å²) in [5.41, 5.74) is 0.563. The average molecular weight is 170 g/mol. The van der Waals surface area contributed by atoms with Gasteiger partial charge in [0, 0.05) is 13.2 Å². The maximum atomic E-state index is 8.70. The van der Waals surface area contributed by atoms with Crippen molar-refractivity contribution in [2.24, 2.45) is 11.3 Å². The van der Waals surface area contributed by atoms with E-state index >= 15 is 0 Å². The number of rotatable bonds is 3. The van der Waals surface area contributed by atoms with Gasteiger partial charge in [-0.2, -0.15) is 0 Å². The van der Waals surface area contributed by atoms with Crippen LogP contribution in [0.1, 0.15) is 32.1 Å². The average Bonchev–Trinajstić information content (AvgIpc) is 2.77. The van der Waals surface area contributed by atoms with Crippen LogP contribution in [0.25, 0.3) is 0 Å². The third-order valence-corrected chi connectivity index (χ3v) is 3.42. The number of hydrogen-bond donors (Lipinski definition) is 1. The summed E-state index contributed by atoms with van der Waals surface area (Å²) >= 11 is 0. The molecule has 0 aromatic rings. The smallest absolute Gasteiger partial charge is 0.0525 e. The highest BCUT2D eigenvalue weighted by Gasteiger charge is 2.53. The van der Waals surface area contributed by atoms with Crippen LogP contribution < -0.4 is 0 Å². The molecule has 2 heteroatoms. The van der Waals surface area contributed by atoms with E-state index in [-0.39, 0.29) is 0 Å². The lowest BCUT2D eigenvalue weighted by Gasteiger charge is -2.22. The summed E-state index contributed by atoms with van der Waals surface area (Å²) in [6, 6.07) is 0. The van der Waals surface area contributed by atoms with Gasteiger partial charge < -0.3 is 9.84 Å². The minimum Gasteiger partial charge on any atom is -0.396 e. The van der Waals surface area contributed by atoms with Crippen molar-refractivity contribution in [3.05, 3.63) is 0 Å². The molecule has 1 saturated heterocycles. The molecule has 1 heterocycles. The molecule has 0 amide bonds. The minimum absolute atomic E-state index is 0.355. The molecule has 1 aliphatic carbocycles. The van der Waals surface area contributed by atoms with Crippen molar-refractivity contribution in [3.63, 3.8) is 0 Å². The fraction of sp³-hybridized carbons (Fsp3) is 1.00. The van der Waals surface area contributed by atoms with Crippen LogP contribution in [0.15, 0.2) is 0 Å². The van der Waals surface area contributed by atoms with Crippen LogP contribution >= 0.6 is 0 Å². The van der Waals surface area contributed by atoms with Gasteiger partial charge in [-0.15, -0.1) is 0 Å². The summed E-state index contributed by atoms with van der Waals surface area (Å²) in [5, 5.41) is 8.70. The standard InChI is InChI=1S/C10H18O2/c11-5-1-3-9-7-10(9)4-2-6-12-8-10/h9,11H,1-8H2. The molecular formula is C10H18O2. The fourth-order valence-corrected chi connectivity index (χ4v) is 2.53. The Morgan fingerprint density at radius 3 is 3.08 bits per heavy atom. The second-order valence-electron chi connectivity index (χ2n) is 4.29. The molecule has 1 saturated carbocycles. The monoisotopic (exact) mass is 170 g/mol. The van der Waals surface area contributed by atoms with E-state index in [1.165, 1.54) is 25.7 Å². The van der Waals surface area contributed by atoms with Gasteiger partial charge in [0.15, 0.2) is 0 Å². The Bertz CT molecular complexity index is 148. The van der Waals surface area contributed by atoms with Gasteiger partial charge in [-0.25, -0.2) is 0 Å². The molecule has 2 aliphatic rings. The maximum absolute atomic E-state index is 8.70. The highest BCUT2D eigenvalue weighted by molar-refractivity contribution is 5.02. The van der Waals surface area contributed by atoms with Crippen molar-refractivity contribution < 1.29 is 9.84 Å². The van der Waals surface area contributed by atoms with Crippen molar-refractivity contribution in [2.45, 2.75) is 32.1 Å². The molecule has 2 rings (SSSR count). The number of ether oxygens (including phenoxy) is 1. The Hall–Kier alpha value is -0.0800. The maximum Gasteiger partial charge on any atom is 0.0525 e. The van der Waals surface area contributed by atoms with Crippen LogP contribution in [-0.2, 0) is 4.74 Å². The van der Waals surface area contributed by atoms with Crippen molar-refractivity contribution >= 4 is 0 Å². The van der Waals surface area contributed by atoms with E-state index in [0.717, 1.165) is 25.6 Å². The first-order chi connectivity index (χ1) is 5.87. The van der Waals surface area contributed by atoms with Crippen LogP contribution in [0.2, 0.25) is 0 Å². The zero-order chi connectivity index (χ0) is 8.44. The van der Waals surface area contributed by atoms with Crippen molar-refractivity contribution in [3.8, 4) is 0 Å². The normalized spacial score (nSPS) is 40.2. The van der Waals surface area contributed by atoms with E-state index in [1.807, 2.05) is 0 Å². The lowest BCUT2D eigenvalue weighted by Crippen LogP contribution is -2.20. The molecule has 1 aliphatic heterocycles. The molecule has 1 spiro atoms. The van der Waals surface area contributed by atoms with E-state index < -0.39 is 0 Å². The lowest BCUT2D eigenvalue weighted by molar-refractivity contribution is 0.0352. The number of aliphatic hydroxyl groups excluding tert-OH is 1. The molecular weight excluding hydrogens is 152 g/mol. The number of hydrogen-bond acceptors (Lipinski definition) is 2. The van der Waals surface area contributed by atoms with Gasteiger partial charge in [0.2, 0.25) is 0 Å². The SMILES string of the molecule is OCCCC1CC12CCCOC2. The third kappa shape index (κ3) is 1.50. The molecule has 2 atom stereocenters. The molecule has 2 nitrogen and oxygen atoms in total. The van der Waals surface area contributed by atoms with Gasteiger partial charge in [-0.3, -0.25) is 0 Å². The summed E-state index contributed by atoms with van der Waals surface area (Å²) in [6.07, 6.45) is 6.15. The second kappa shape index (κ2) is 3.35. The minimum atomic E-state index is 0.355. The van der Waals surface area contributed by atoms with Gasteiger partial charge >= 0.3 is 0 Å². The van der Waals surface area contributed by atoms with E-state index in [1.54, 1.807) is 0 Å². The molecule has 1 N–H and O–H groups in total. The molecule has 12 heavy (non-hydrogen) atoms. The summed E-state index contributed by atoms with van der Waals surface area (Å²) in [4.78, 5) is 0. The highest BCUT2D eigenvalue weighted by atomic mass is 16.5. The Kier molecular flexibility index (Phi) is 2.37. The first kappa shape index (κ1) is 8.52. The van der Waals surface area contributed by atoms with Crippen LogP contribution in [0, 0.1) is 11.3 Å². The van der Waals surface area contributed by atoms with Crippen LogP contribution in [0.3, 0.4) is 0 Å². The van der Waals surface area contributed by atoms with E-state index in [9.17, 15) is 0 Å². The first-order valence-electron chi connectivity index (χ1n) is 5.06. The third-order valence-electron chi connectivity index (χ3n) is 3.42. The Morgan fingerprint density at radius 2 is 2.42 bits per heavy atom.